The number of fused-ring (bicyclic) bond motifs is 1. The molecule has 0 aliphatic carbocycles. The van der Waals surface area contributed by atoms with Crippen LogP contribution in [-0.2, 0) is 17.2 Å². The van der Waals surface area contributed by atoms with E-state index < -0.39 is 10.8 Å². The van der Waals surface area contributed by atoms with Crippen molar-refractivity contribution in [1.29, 1.82) is 0 Å². The summed E-state index contributed by atoms with van der Waals surface area (Å²) in [5.74, 6) is 0. The first-order valence-corrected chi connectivity index (χ1v) is 7.22. The van der Waals surface area contributed by atoms with Crippen molar-refractivity contribution in [3.8, 4) is 0 Å². The third-order valence-electron chi connectivity index (χ3n) is 2.90. The van der Waals surface area contributed by atoms with Gasteiger partial charge in [0.1, 0.15) is 0 Å². The molecule has 0 bridgehead atoms. The molecule has 1 unspecified atom stereocenters. The largest absolute Gasteiger partial charge is 0.361 e. The topological polar surface area (TPSA) is 36.1 Å². The molecule has 0 amide bonds. The molecular weight excluding hydrogens is 232 g/mol. The van der Waals surface area contributed by atoms with Gasteiger partial charge in [-0.2, -0.15) is 0 Å². The number of aromatic nitrogens is 1. The first-order valence-electron chi connectivity index (χ1n) is 5.66. The highest BCUT2D eigenvalue weighted by atomic mass is 32.2. The Kier molecular flexibility index (Phi) is 3.64. The number of nitrogens with one attached hydrogen (secondary N) is 1. The van der Waals surface area contributed by atoms with Crippen molar-refractivity contribution in [2.75, 3.05) is 26.9 Å². The fraction of sp³-hybridized carbons (Fsp3) is 0.385. The Bertz CT molecular complexity index is 545. The zero-order valence-corrected chi connectivity index (χ0v) is 11.3. The van der Waals surface area contributed by atoms with Crippen LogP contribution in [0.2, 0.25) is 0 Å². The van der Waals surface area contributed by atoms with Gasteiger partial charge in [0.05, 0.1) is 0 Å². The third kappa shape index (κ3) is 2.76. The molecule has 0 saturated carbocycles. The quantitative estimate of drug-likeness (QED) is 0.901. The second-order valence-electron chi connectivity index (χ2n) is 4.53. The van der Waals surface area contributed by atoms with Crippen LogP contribution in [0.25, 0.3) is 10.9 Å². The van der Waals surface area contributed by atoms with Crippen LogP contribution in [0.1, 0.15) is 5.56 Å². The normalized spacial score (nSPS) is 13.4. The molecule has 92 valence electrons. The maximum atomic E-state index is 11.5. The minimum Gasteiger partial charge on any atom is -0.361 e. The molecule has 4 heteroatoms. The zero-order valence-electron chi connectivity index (χ0n) is 10.5. The van der Waals surface area contributed by atoms with Crippen LogP contribution in [-0.4, -0.2) is 41.0 Å². The van der Waals surface area contributed by atoms with E-state index in [9.17, 15) is 4.21 Å². The van der Waals surface area contributed by atoms with E-state index in [1.807, 2.05) is 18.2 Å². The van der Waals surface area contributed by atoms with Gasteiger partial charge in [0.2, 0.25) is 0 Å². The van der Waals surface area contributed by atoms with Gasteiger partial charge in [-0.15, -0.1) is 0 Å². The molecule has 0 aliphatic heterocycles. The molecule has 0 saturated heterocycles. The smallest absolute Gasteiger partial charge is 0.0498 e. The van der Waals surface area contributed by atoms with E-state index in [2.05, 4.69) is 30.2 Å². The Morgan fingerprint density at radius 1 is 1.35 bits per heavy atom. The summed E-state index contributed by atoms with van der Waals surface area (Å²) in [5, 5.41) is 1.19. The van der Waals surface area contributed by atoms with Gasteiger partial charge in [0.25, 0.3) is 0 Å². The highest BCUT2D eigenvalue weighted by molar-refractivity contribution is 7.84. The van der Waals surface area contributed by atoms with E-state index in [0.717, 1.165) is 23.4 Å². The Labute approximate surface area is 104 Å². The summed E-state index contributed by atoms with van der Waals surface area (Å²) in [6.45, 7) is 1.02. The van der Waals surface area contributed by atoms with Crippen molar-refractivity contribution in [3.05, 3.63) is 30.0 Å². The number of hydrogen-bond donors (Lipinski definition) is 1. The second kappa shape index (κ2) is 5.02. The maximum Gasteiger partial charge on any atom is 0.0498 e. The average Bonchev–Trinajstić information content (AvgIpc) is 2.68. The molecule has 1 atom stereocenters. The lowest BCUT2D eigenvalue weighted by Crippen LogP contribution is -2.14. The van der Waals surface area contributed by atoms with Crippen molar-refractivity contribution in [3.63, 3.8) is 0 Å². The van der Waals surface area contributed by atoms with Gasteiger partial charge in [-0.05, 0) is 44.3 Å². The summed E-state index contributed by atoms with van der Waals surface area (Å²) in [6.07, 6.45) is 4.77. The summed E-state index contributed by atoms with van der Waals surface area (Å²) in [7, 11) is 3.23. The second-order valence-corrected chi connectivity index (χ2v) is 5.91. The lowest BCUT2D eigenvalue weighted by atomic mass is 10.1. The standard InChI is InChI=1S/C13H18N2OS/c1-15(2)7-6-10-9-14-13-5-4-11(17(3)16)8-12(10)13/h4-5,8-9,14H,6-7H2,1-3H3. The van der Waals surface area contributed by atoms with Crippen molar-refractivity contribution in [2.45, 2.75) is 11.3 Å². The molecule has 2 aromatic rings. The third-order valence-corrected chi connectivity index (χ3v) is 3.82. The Hall–Kier alpha value is -1.13. The van der Waals surface area contributed by atoms with Crippen LogP contribution in [0, 0.1) is 0 Å². The van der Waals surface area contributed by atoms with Crippen LogP contribution in [0.15, 0.2) is 29.3 Å². The molecule has 0 fully saturated rings. The van der Waals surface area contributed by atoms with Crippen LogP contribution in [0.4, 0.5) is 0 Å². The van der Waals surface area contributed by atoms with Crippen molar-refractivity contribution in [2.24, 2.45) is 0 Å². The van der Waals surface area contributed by atoms with Gasteiger partial charge in [-0.25, -0.2) is 0 Å². The Balaban J connectivity index is 2.36. The Morgan fingerprint density at radius 2 is 2.12 bits per heavy atom. The monoisotopic (exact) mass is 250 g/mol. The van der Waals surface area contributed by atoms with E-state index in [1.165, 1.54) is 10.9 Å². The lowest BCUT2D eigenvalue weighted by Gasteiger charge is -2.08. The van der Waals surface area contributed by atoms with Crippen LogP contribution >= 0.6 is 0 Å². The summed E-state index contributed by atoms with van der Waals surface area (Å²) in [5.41, 5.74) is 2.41. The van der Waals surface area contributed by atoms with Gasteiger partial charge >= 0.3 is 0 Å². The van der Waals surface area contributed by atoms with Crippen molar-refractivity contribution < 1.29 is 4.21 Å². The lowest BCUT2D eigenvalue weighted by molar-refractivity contribution is 0.414. The predicted octanol–water partition coefficient (Wildman–Crippen LogP) is 2.01. The van der Waals surface area contributed by atoms with Gasteiger partial charge in [-0.3, -0.25) is 4.21 Å². The van der Waals surface area contributed by atoms with Crippen LogP contribution in [0.5, 0.6) is 0 Å². The first kappa shape index (κ1) is 12.3. The van der Waals surface area contributed by atoms with Gasteiger partial charge in [-0.1, -0.05) is 0 Å². The molecular formula is C13H18N2OS. The van der Waals surface area contributed by atoms with Crippen molar-refractivity contribution >= 4 is 21.7 Å². The van der Waals surface area contributed by atoms with E-state index in [1.54, 1.807) is 6.26 Å². The van der Waals surface area contributed by atoms with Gasteiger partial charge < -0.3 is 9.88 Å². The maximum absolute atomic E-state index is 11.5. The number of hydrogen-bond acceptors (Lipinski definition) is 2. The molecule has 1 N–H and O–H groups in total. The molecule has 17 heavy (non-hydrogen) atoms. The number of likely N-dealkylation sites (N-methyl/N-ethyl adjacent to an activating group) is 1. The van der Waals surface area contributed by atoms with Crippen molar-refractivity contribution in [1.82, 2.24) is 9.88 Å². The SMILES string of the molecule is CN(C)CCc1c[nH]c2ccc(S(C)=O)cc12. The number of aromatic amines is 1. The molecule has 2 rings (SSSR count). The highest BCUT2D eigenvalue weighted by Gasteiger charge is 2.06. The number of rotatable bonds is 4. The fourth-order valence-electron chi connectivity index (χ4n) is 1.89. The first-order chi connectivity index (χ1) is 8.08. The molecule has 0 radical (unpaired) electrons. The summed E-state index contributed by atoms with van der Waals surface area (Å²) in [6, 6.07) is 5.96. The zero-order chi connectivity index (χ0) is 12.4. The molecule has 1 heterocycles. The molecule has 1 aromatic carbocycles. The summed E-state index contributed by atoms with van der Waals surface area (Å²) < 4.78 is 11.5. The van der Waals surface area contributed by atoms with Gasteiger partial charge in [0.15, 0.2) is 0 Å². The predicted molar refractivity (Wildman–Crippen MR) is 72.9 cm³/mol. The molecule has 1 aromatic heterocycles. The van der Waals surface area contributed by atoms with E-state index in [0.29, 0.717) is 0 Å². The highest BCUT2D eigenvalue weighted by Crippen LogP contribution is 2.21. The van der Waals surface area contributed by atoms with Crippen LogP contribution in [0.3, 0.4) is 0 Å². The minimum atomic E-state index is -0.914. The molecule has 0 spiro atoms. The van der Waals surface area contributed by atoms with Gasteiger partial charge in [0, 0.05) is 45.6 Å². The summed E-state index contributed by atoms with van der Waals surface area (Å²) in [4.78, 5) is 6.32. The number of benzene rings is 1. The molecule has 0 aliphatic rings. The number of nitrogens with zero attached hydrogens (tertiary/aromatic N) is 1. The number of H-pyrrole nitrogens is 1. The Morgan fingerprint density at radius 3 is 2.76 bits per heavy atom. The fourth-order valence-corrected chi connectivity index (χ4v) is 2.43. The summed E-state index contributed by atoms with van der Waals surface area (Å²) >= 11 is 0. The van der Waals surface area contributed by atoms with E-state index >= 15 is 0 Å². The minimum absolute atomic E-state index is 0.892. The average molecular weight is 250 g/mol. The molecule has 3 nitrogen and oxygen atoms in total. The van der Waals surface area contributed by atoms with E-state index in [-0.39, 0.29) is 0 Å². The van der Waals surface area contributed by atoms with E-state index in [4.69, 9.17) is 0 Å². The van der Waals surface area contributed by atoms with Crippen LogP contribution < -0.4 is 0 Å².